The summed E-state index contributed by atoms with van der Waals surface area (Å²) in [6, 6.07) is 4.87. The lowest BCUT2D eigenvalue weighted by atomic mass is 10.1. The molecule has 0 aliphatic rings. The average Bonchev–Trinajstić information content (AvgIpc) is 2.49. The first-order valence-electron chi connectivity index (χ1n) is 6.20. The molecule has 0 saturated heterocycles. The van der Waals surface area contributed by atoms with Gasteiger partial charge in [-0.15, -0.1) is 0 Å². The maximum Gasteiger partial charge on any atom is 0.311 e. The number of nitrogens with one attached hydrogen (secondary N) is 1. The van der Waals surface area contributed by atoms with Crippen molar-refractivity contribution in [3.63, 3.8) is 0 Å². The summed E-state index contributed by atoms with van der Waals surface area (Å²) in [5, 5.41) is 14.0. The minimum absolute atomic E-state index is 0.0918. The number of halogens is 1. The van der Waals surface area contributed by atoms with Crippen molar-refractivity contribution in [3.05, 3.63) is 44.7 Å². The van der Waals surface area contributed by atoms with Gasteiger partial charge in [0.15, 0.2) is 0 Å². The van der Waals surface area contributed by atoms with Crippen molar-refractivity contribution in [3.8, 4) is 11.6 Å². The Bertz CT molecular complexity index is 678. The Morgan fingerprint density at radius 3 is 2.81 bits per heavy atom. The van der Waals surface area contributed by atoms with Crippen LogP contribution in [0.4, 0.5) is 11.5 Å². The van der Waals surface area contributed by atoms with Crippen LogP contribution in [-0.4, -0.2) is 21.9 Å². The van der Waals surface area contributed by atoms with Crippen LogP contribution in [0.1, 0.15) is 12.5 Å². The van der Waals surface area contributed by atoms with Gasteiger partial charge in [0.2, 0.25) is 11.6 Å². The zero-order chi connectivity index (χ0) is 15.4. The van der Waals surface area contributed by atoms with E-state index in [0.29, 0.717) is 16.7 Å². The van der Waals surface area contributed by atoms with Crippen LogP contribution in [0.25, 0.3) is 0 Å². The fraction of sp³-hybridized carbons (Fsp3) is 0.231. The van der Waals surface area contributed by atoms with E-state index in [1.54, 1.807) is 19.2 Å². The molecule has 0 spiro atoms. The Hall–Kier alpha value is -2.22. The molecular weight excluding hydrogens is 340 g/mol. The minimum atomic E-state index is -0.470. The van der Waals surface area contributed by atoms with E-state index in [9.17, 15) is 10.1 Å². The third-order valence-electron chi connectivity index (χ3n) is 2.83. The molecule has 0 amide bonds. The topological polar surface area (TPSA) is 90.2 Å². The van der Waals surface area contributed by atoms with Crippen LogP contribution in [-0.2, 0) is 6.42 Å². The maximum atomic E-state index is 11.2. The number of aryl methyl sites for hydroxylation is 1. The van der Waals surface area contributed by atoms with Gasteiger partial charge in [0.05, 0.1) is 4.92 Å². The normalized spacial score (nSPS) is 10.2. The lowest BCUT2D eigenvalue weighted by Crippen LogP contribution is -2.00. The van der Waals surface area contributed by atoms with Crippen molar-refractivity contribution in [2.24, 2.45) is 0 Å². The lowest BCUT2D eigenvalue weighted by Gasteiger charge is -2.09. The zero-order valence-corrected chi connectivity index (χ0v) is 13.0. The number of ether oxygens (including phenoxy) is 1. The van der Waals surface area contributed by atoms with E-state index >= 15 is 0 Å². The molecule has 0 atom stereocenters. The van der Waals surface area contributed by atoms with Crippen LogP contribution in [0, 0.1) is 10.1 Å². The molecule has 2 aromatic rings. The van der Waals surface area contributed by atoms with Gasteiger partial charge in [-0.2, -0.15) is 0 Å². The molecule has 0 aliphatic carbocycles. The van der Waals surface area contributed by atoms with Crippen LogP contribution in [0.15, 0.2) is 29.0 Å². The van der Waals surface area contributed by atoms with Gasteiger partial charge in [0.25, 0.3) is 0 Å². The Kier molecular flexibility index (Phi) is 4.69. The summed E-state index contributed by atoms with van der Waals surface area (Å²) < 4.78 is 6.07. The molecule has 8 heteroatoms. The maximum absolute atomic E-state index is 11.2. The number of nitro benzene ring substituents is 1. The van der Waals surface area contributed by atoms with Crippen LogP contribution >= 0.6 is 15.9 Å². The Morgan fingerprint density at radius 2 is 2.19 bits per heavy atom. The lowest BCUT2D eigenvalue weighted by molar-refractivity contribution is -0.385. The van der Waals surface area contributed by atoms with Gasteiger partial charge in [-0.1, -0.05) is 13.0 Å². The number of nitrogens with zero attached hydrogens (tertiary/aromatic N) is 3. The number of hydrogen-bond acceptors (Lipinski definition) is 6. The summed E-state index contributed by atoms with van der Waals surface area (Å²) in [5.74, 6) is 0.883. The van der Waals surface area contributed by atoms with Gasteiger partial charge in [0.1, 0.15) is 16.6 Å². The molecular formula is C13H13BrN4O3. The predicted molar refractivity (Wildman–Crippen MR) is 81.8 cm³/mol. The molecule has 0 saturated carbocycles. The first kappa shape index (κ1) is 15.2. The average molecular weight is 353 g/mol. The van der Waals surface area contributed by atoms with Crippen LogP contribution in [0.2, 0.25) is 0 Å². The van der Waals surface area contributed by atoms with E-state index in [-0.39, 0.29) is 17.3 Å². The standard InChI is InChI=1S/C13H13BrN4O3/c1-3-8-4-5-10(9(6-8)18(19)20)21-13-11(14)12(15-2)16-7-17-13/h4-7H,3H2,1-2H3,(H,15,16,17). The fourth-order valence-corrected chi connectivity index (χ4v) is 2.20. The Morgan fingerprint density at radius 1 is 1.43 bits per heavy atom. The summed E-state index contributed by atoms with van der Waals surface area (Å²) in [7, 11) is 1.70. The summed E-state index contributed by atoms with van der Waals surface area (Å²) >= 11 is 3.31. The van der Waals surface area contributed by atoms with Crippen LogP contribution in [0.5, 0.6) is 11.6 Å². The predicted octanol–water partition coefficient (Wildman–Crippen LogP) is 3.54. The van der Waals surface area contributed by atoms with E-state index in [4.69, 9.17) is 4.74 Å². The molecule has 1 N–H and O–H groups in total. The molecule has 0 fully saturated rings. The van der Waals surface area contributed by atoms with Crippen molar-refractivity contribution < 1.29 is 9.66 Å². The van der Waals surface area contributed by atoms with Gasteiger partial charge in [-0.25, -0.2) is 9.97 Å². The van der Waals surface area contributed by atoms with Crippen LogP contribution < -0.4 is 10.1 Å². The quantitative estimate of drug-likeness (QED) is 0.653. The molecule has 110 valence electrons. The summed E-state index contributed by atoms with van der Waals surface area (Å²) in [5.41, 5.74) is 0.776. The van der Waals surface area contributed by atoms with E-state index < -0.39 is 4.92 Å². The molecule has 1 aromatic carbocycles. The number of hydrogen-bond donors (Lipinski definition) is 1. The van der Waals surface area contributed by atoms with Gasteiger partial charge in [-0.3, -0.25) is 10.1 Å². The Balaban J connectivity index is 2.42. The molecule has 0 aliphatic heterocycles. The number of anilines is 1. The van der Waals surface area contributed by atoms with Crippen LogP contribution in [0.3, 0.4) is 0 Å². The van der Waals surface area contributed by atoms with Crippen molar-refractivity contribution >= 4 is 27.4 Å². The SMILES string of the molecule is CCc1ccc(Oc2ncnc(NC)c2Br)c([N+](=O)[O-])c1. The summed E-state index contributed by atoms with van der Waals surface area (Å²) in [4.78, 5) is 18.7. The number of rotatable bonds is 5. The van der Waals surface area contributed by atoms with Crippen molar-refractivity contribution in [2.45, 2.75) is 13.3 Å². The third kappa shape index (κ3) is 3.27. The third-order valence-corrected chi connectivity index (χ3v) is 3.54. The largest absolute Gasteiger partial charge is 0.430 e. The highest BCUT2D eigenvalue weighted by molar-refractivity contribution is 9.10. The molecule has 1 heterocycles. The molecule has 0 unspecified atom stereocenters. The van der Waals surface area contributed by atoms with Crippen molar-refractivity contribution in [1.29, 1.82) is 0 Å². The summed E-state index contributed by atoms with van der Waals surface area (Å²) in [6.07, 6.45) is 2.03. The molecule has 0 bridgehead atoms. The fourth-order valence-electron chi connectivity index (χ4n) is 1.72. The first-order valence-corrected chi connectivity index (χ1v) is 6.99. The zero-order valence-electron chi connectivity index (χ0n) is 11.5. The molecule has 1 aromatic heterocycles. The molecule has 21 heavy (non-hydrogen) atoms. The smallest absolute Gasteiger partial charge is 0.311 e. The number of nitro groups is 1. The highest BCUT2D eigenvalue weighted by Crippen LogP contribution is 2.36. The van der Waals surface area contributed by atoms with E-state index in [1.807, 2.05) is 6.92 Å². The van der Waals surface area contributed by atoms with Crippen molar-refractivity contribution in [1.82, 2.24) is 9.97 Å². The molecule has 2 rings (SSSR count). The number of aromatic nitrogens is 2. The monoisotopic (exact) mass is 352 g/mol. The van der Waals surface area contributed by atoms with Gasteiger partial charge in [-0.05, 0) is 34.0 Å². The second kappa shape index (κ2) is 6.49. The second-order valence-corrected chi connectivity index (χ2v) is 4.90. The highest BCUT2D eigenvalue weighted by Gasteiger charge is 2.19. The molecule has 7 nitrogen and oxygen atoms in total. The minimum Gasteiger partial charge on any atom is -0.430 e. The number of benzene rings is 1. The van der Waals surface area contributed by atoms with E-state index in [0.717, 1.165) is 5.56 Å². The van der Waals surface area contributed by atoms with Crippen molar-refractivity contribution in [2.75, 3.05) is 12.4 Å². The molecule has 0 radical (unpaired) electrons. The highest BCUT2D eigenvalue weighted by atomic mass is 79.9. The van der Waals surface area contributed by atoms with Gasteiger partial charge in [0, 0.05) is 13.1 Å². The van der Waals surface area contributed by atoms with Gasteiger partial charge < -0.3 is 10.1 Å². The first-order chi connectivity index (χ1) is 10.1. The second-order valence-electron chi connectivity index (χ2n) is 4.11. The summed E-state index contributed by atoms with van der Waals surface area (Å²) in [6.45, 7) is 1.93. The van der Waals surface area contributed by atoms with Gasteiger partial charge >= 0.3 is 5.69 Å². The Labute approximate surface area is 129 Å². The van der Waals surface area contributed by atoms with E-state index in [1.165, 1.54) is 12.4 Å². The van der Waals surface area contributed by atoms with E-state index in [2.05, 4.69) is 31.2 Å².